The highest BCUT2D eigenvalue weighted by Gasteiger charge is 2.08. The third-order valence-corrected chi connectivity index (χ3v) is 4.20. The van der Waals surface area contributed by atoms with Crippen LogP contribution in [-0.2, 0) is 9.53 Å². The lowest BCUT2D eigenvalue weighted by Gasteiger charge is -2.13. The zero-order valence-electron chi connectivity index (χ0n) is 17.3. The van der Waals surface area contributed by atoms with Gasteiger partial charge in [-0.25, -0.2) is 9.18 Å². The Balaban J connectivity index is 3.01. The monoisotopic (exact) mass is 372 g/mol. The summed E-state index contributed by atoms with van der Waals surface area (Å²) < 4.78 is 24.3. The van der Waals surface area contributed by atoms with Gasteiger partial charge in [0.2, 0.25) is 0 Å². The van der Waals surface area contributed by atoms with Crippen molar-refractivity contribution in [2.24, 2.45) is 0 Å². The number of methoxy groups -OCH3 is 1. The van der Waals surface area contributed by atoms with Crippen molar-refractivity contribution < 1.29 is 18.7 Å². The molecule has 0 aliphatic heterocycles. The number of hydrogen-bond donors (Lipinski definition) is 0. The maximum Gasteiger partial charge on any atom is 0.331 e. The Morgan fingerprint density at radius 2 is 1.74 bits per heavy atom. The summed E-state index contributed by atoms with van der Waals surface area (Å²) in [6, 6.07) is 2.01. The van der Waals surface area contributed by atoms with Gasteiger partial charge in [-0.2, -0.15) is 0 Å². The number of hydrogen-bond acceptors (Lipinski definition) is 3. The van der Waals surface area contributed by atoms with Gasteiger partial charge in [-0.1, -0.05) is 12.2 Å². The van der Waals surface area contributed by atoms with E-state index >= 15 is 0 Å². The molecule has 0 heterocycles. The van der Waals surface area contributed by atoms with Gasteiger partial charge in [-0.05, 0) is 93.2 Å². The van der Waals surface area contributed by atoms with Crippen molar-refractivity contribution in [3.8, 4) is 5.75 Å². The zero-order chi connectivity index (χ0) is 20.6. The van der Waals surface area contributed by atoms with Gasteiger partial charge in [-0.15, -0.1) is 0 Å². The second-order valence-corrected chi connectivity index (χ2v) is 6.45. The molecule has 1 rings (SSSR count). The van der Waals surface area contributed by atoms with E-state index in [2.05, 4.69) is 0 Å². The van der Waals surface area contributed by atoms with Crippen molar-refractivity contribution in [3.05, 3.63) is 69.6 Å². The Labute approximate surface area is 161 Å². The summed E-state index contributed by atoms with van der Waals surface area (Å²) in [7, 11) is 1.66. The zero-order valence-corrected chi connectivity index (χ0v) is 17.3. The molecule has 0 N–H and O–H groups in total. The Kier molecular flexibility index (Phi) is 8.73. The Morgan fingerprint density at radius 1 is 1.07 bits per heavy atom. The van der Waals surface area contributed by atoms with Crippen molar-refractivity contribution in [1.82, 2.24) is 0 Å². The number of rotatable bonds is 7. The van der Waals surface area contributed by atoms with Crippen LogP contribution in [0.2, 0.25) is 0 Å². The minimum Gasteiger partial charge on any atom is -0.496 e. The van der Waals surface area contributed by atoms with E-state index in [0.29, 0.717) is 12.2 Å². The summed E-state index contributed by atoms with van der Waals surface area (Å²) in [5.41, 5.74) is 5.69. The van der Waals surface area contributed by atoms with E-state index in [-0.39, 0.29) is 0 Å². The van der Waals surface area contributed by atoms with Crippen molar-refractivity contribution in [3.63, 3.8) is 0 Å². The molecular formula is C23H29FO3. The van der Waals surface area contributed by atoms with E-state index in [0.717, 1.165) is 33.6 Å². The largest absolute Gasteiger partial charge is 0.496 e. The highest BCUT2D eigenvalue weighted by molar-refractivity contribution is 5.83. The predicted octanol–water partition coefficient (Wildman–Crippen LogP) is 5.94. The Morgan fingerprint density at radius 3 is 2.33 bits per heavy atom. The molecule has 3 nitrogen and oxygen atoms in total. The molecule has 0 bridgehead atoms. The van der Waals surface area contributed by atoms with Crippen LogP contribution in [0.25, 0.3) is 6.08 Å². The molecule has 0 saturated heterocycles. The van der Waals surface area contributed by atoms with Gasteiger partial charge in [0.05, 0.1) is 13.7 Å². The second kappa shape index (κ2) is 10.5. The first kappa shape index (κ1) is 22.4. The van der Waals surface area contributed by atoms with Crippen LogP contribution in [-0.4, -0.2) is 19.7 Å². The van der Waals surface area contributed by atoms with Crippen LogP contribution in [0.5, 0.6) is 5.75 Å². The SMILES string of the molecule is CCOC(=O)C=C(C)C=C(F)C=C(C)C=Cc1c(C)cc(OC)c(C)c1C. The summed E-state index contributed by atoms with van der Waals surface area (Å²) >= 11 is 0. The maximum atomic E-state index is 14.1. The van der Waals surface area contributed by atoms with Crippen LogP contribution >= 0.6 is 0 Å². The van der Waals surface area contributed by atoms with Crippen LogP contribution in [0.3, 0.4) is 0 Å². The van der Waals surface area contributed by atoms with E-state index in [9.17, 15) is 9.18 Å². The van der Waals surface area contributed by atoms with Gasteiger partial charge in [-0.3, -0.25) is 0 Å². The van der Waals surface area contributed by atoms with Crippen molar-refractivity contribution in [2.45, 2.75) is 41.5 Å². The second-order valence-electron chi connectivity index (χ2n) is 6.45. The highest BCUT2D eigenvalue weighted by atomic mass is 19.1. The van der Waals surface area contributed by atoms with E-state index in [1.54, 1.807) is 21.0 Å². The summed E-state index contributed by atoms with van der Waals surface area (Å²) in [5, 5.41) is 0. The summed E-state index contributed by atoms with van der Waals surface area (Å²) in [4.78, 5) is 11.4. The van der Waals surface area contributed by atoms with Crippen LogP contribution in [0.4, 0.5) is 4.39 Å². The molecule has 4 heteroatoms. The molecule has 0 radical (unpaired) electrons. The van der Waals surface area contributed by atoms with Crippen LogP contribution < -0.4 is 4.74 Å². The standard InChI is InChI=1S/C23H29FO3/c1-8-27-23(25)13-16(3)12-20(24)11-15(2)9-10-21-17(4)14-22(26-7)19(6)18(21)5/h9-14H,8H2,1-7H3. The molecular weight excluding hydrogens is 343 g/mol. The molecule has 0 aromatic heterocycles. The number of allylic oxidation sites excluding steroid dienone is 6. The molecule has 1 aromatic rings. The Hall–Kier alpha value is -2.62. The molecule has 0 unspecified atom stereocenters. The number of aryl methyl sites for hydroxylation is 1. The van der Waals surface area contributed by atoms with Gasteiger partial charge >= 0.3 is 5.97 Å². The topological polar surface area (TPSA) is 35.5 Å². The van der Waals surface area contributed by atoms with E-state index < -0.39 is 11.8 Å². The fraction of sp³-hybridized carbons (Fsp3) is 0.348. The lowest BCUT2D eigenvalue weighted by Crippen LogP contribution is -1.99. The quantitative estimate of drug-likeness (QED) is 0.337. The molecule has 0 atom stereocenters. The summed E-state index contributed by atoms with van der Waals surface area (Å²) in [6.07, 6.45) is 7.87. The van der Waals surface area contributed by atoms with Gasteiger partial charge in [0.15, 0.2) is 0 Å². The number of carbonyl (C=O) groups excluding carboxylic acids is 1. The average Bonchev–Trinajstić information content (AvgIpc) is 2.57. The average molecular weight is 372 g/mol. The van der Waals surface area contributed by atoms with Crippen molar-refractivity contribution in [1.29, 1.82) is 0 Å². The number of ether oxygens (including phenoxy) is 2. The number of carbonyl (C=O) groups is 1. The van der Waals surface area contributed by atoms with Gasteiger partial charge in [0.25, 0.3) is 0 Å². The molecule has 0 amide bonds. The third kappa shape index (κ3) is 6.89. The molecule has 27 heavy (non-hydrogen) atoms. The van der Waals surface area contributed by atoms with Crippen LogP contribution in [0, 0.1) is 20.8 Å². The molecule has 0 aliphatic rings. The molecule has 0 aliphatic carbocycles. The fourth-order valence-corrected chi connectivity index (χ4v) is 2.68. The normalized spacial score (nSPS) is 13.3. The lowest BCUT2D eigenvalue weighted by atomic mass is 9.96. The van der Waals surface area contributed by atoms with E-state index in [4.69, 9.17) is 9.47 Å². The molecule has 0 fully saturated rings. The lowest BCUT2D eigenvalue weighted by molar-refractivity contribution is -0.137. The van der Waals surface area contributed by atoms with E-state index in [1.807, 2.05) is 45.9 Å². The van der Waals surface area contributed by atoms with Crippen LogP contribution in [0.1, 0.15) is 43.0 Å². The minimum atomic E-state index is -0.472. The first-order valence-corrected chi connectivity index (χ1v) is 8.93. The number of halogens is 1. The summed E-state index contributed by atoms with van der Waals surface area (Å²) in [6.45, 7) is 11.6. The highest BCUT2D eigenvalue weighted by Crippen LogP contribution is 2.28. The summed E-state index contributed by atoms with van der Waals surface area (Å²) in [5.74, 6) is -0.0257. The predicted molar refractivity (Wildman–Crippen MR) is 110 cm³/mol. The van der Waals surface area contributed by atoms with Gasteiger partial charge < -0.3 is 9.47 Å². The first-order chi connectivity index (χ1) is 12.7. The van der Waals surface area contributed by atoms with E-state index in [1.165, 1.54) is 18.2 Å². The third-order valence-electron chi connectivity index (χ3n) is 4.20. The molecule has 1 aromatic carbocycles. The Bertz CT molecular complexity index is 811. The maximum absolute atomic E-state index is 14.1. The van der Waals surface area contributed by atoms with Gasteiger partial charge in [0, 0.05) is 6.08 Å². The van der Waals surface area contributed by atoms with Crippen molar-refractivity contribution in [2.75, 3.05) is 13.7 Å². The number of benzene rings is 1. The smallest absolute Gasteiger partial charge is 0.331 e. The number of esters is 1. The first-order valence-electron chi connectivity index (χ1n) is 8.93. The van der Waals surface area contributed by atoms with Crippen molar-refractivity contribution >= 4 is 12.0 Å². The minimum absolute atomic E-state index is 0.294. The van der Waals surface area contributed by atoms with Gasteiger partial charge in [0.1, 0.15) is 11.6 Å². The molecule has 0 spiro atoms. The van der Waals surface area contributed by atoms with Crippen LogP contribution in [0.15, 0.2) is 47.3 Å². The fourth-order valence-electron chi connectivity index (χ4n) is 2.68. The molecule has 0 saturated carbocycles. The molecule has 146 valence electrons.